The first kappa shape index (κ1) is 15.7. The summed E-state index contributed by atoms with van der Waals surface area (Å²) in [7, 11) is 0. The number of anilines is 1. The topological polar surface area (TPSA) is 62.6 Å². The molecule has 2 amide bonds. The second-order valence-electron chi connectivity index (χ2n) is 5.26. The second-order valence-corrected chi connectivity index (χ2v) is 6.28. The van der Waals surface area contributed by atoms with Crippen LogP contribution in [-0.4, -0.2) is 24.1 Å². The highest BCUT2D eigenvalue weighted by atomic mass is 32.2. The molecule has 23 heavy (non-hydrogen) atoms. The third-order valence-corrected chi connectivity index (χ3v) is 4.68. The minimum absolute atomic E-state index is 0.0338. The number of thioether (sulfide) groups is 1. The third kappa shape index (κ3) is 3.96. The highest BCUT2D eigenvalue weighted by Gasteiger charge is 2.23. The Labute approximate surface area is 139 Å². The molecule has 0 spiro atoms. The van der Waals surface area contributed by atoms with Gasteiger partial charge in [-0.3, -0.25) is 9.59 Å². The molecule has 3 rings (SSSR count). The Morgan fingerprint density at radius 2 is 2.13 bits per heavy atom. The average molecular weight is 330 g/mol. The van der Waals surface area contributed by atoms with Crippen LogP contribution in [0, 0.1) is 0 Å². The molecule has 1 aromatic heterocycles. The quantitative estimate of drug-likeness (QED) is 0.885. The van der Waals surface area contributed by atoms with Crippen molar-refractivity contribution < 1.29 is 14.0 Å². The van der Waals surface area contributed by atoms with Gasteiger partial charge >= 0.3 is 0 Å². The van der Waals surface area contributed by atoms with Gasteiger partial charge in [0.1, 0.15) is 5.76 Å². The molecule has 0 fully saturated rings. The molecule has 0 bridgehead atoms. The van der Waals surface area contributed by atoms with Crippen molar-refractivity contribution >= 4 is 29.3 Å². The minimum Gasteiger partial charge on any atom is -0.467 e. The molecule has 2 heterocycles. The molecule has 0 saturated carbocycles. The van der Waals surface area contributed by atoms with Gasteiger partial charge < -0.3 is 14.6 Å². The minimum atomic E-state index is -0.0338. The van der Waals surface area contributed by atoms with Gasteiger partial charge in [0.25, 0.3) is 0 Å². The Hall–Kier alpha value is -2.21. The van der Waals surface area contributed by atoms with E-state index >= 15 is 0 Å². The maximum atomic E-state index is 12.1. The van der Waals surface area contributed by atoms with Crippen molar-refractivity contribution in [1.82, 2.24) is 5.32 Å². The lowest BCUT2D eigenvalue weighted by Gasteiger charge is -2.28. The van der Waals surface area contributed by atoms with Gasteiger partial charge in [-0.2, -0.15) is 0 Å². The summed E-state index contributed by atoms with van der Waals surface area (Å²) < 4.78 is 5.17. The highest BCUT2D eigenvalue weighted by molar-refractivity contribution is 8.00. The van der Waals surface area contributed by atoms with Gasteiger partial charge in [-0.15, -0.1) is 11.8 Å². The fourth-order valence-electron chi connectivity index (χ4n) is 2.48. The standard InChI is InChI=1S/C17H18N2O3S/c20-16(18-11-13-5-4-10-22-13)8-3-9-19-14-6-1-2-7-15(14)23-12-17(19)21/h1-2,4-7,10H,3,8-9,11-12H2,(H,18,20). The number of nitrogens with zero attached hydrogens (tertiary/aromatic N) is 1. The van der Waals surface area contributed by atoms with Crippen molar-refractivity contribution in [2.24, 2.45) is 0 Å². The summed E-state index contributed by atoms with van der Waals surface area (Å²) in [6.45, 7) is 0.957. The molecule has 1 aliphatic heterocycles. The van der Waals surface area contributed by atoms with Crippen molar-refractivity contribution in [2.45, 2.75) is 24.3 Å². The number of carbonyl (C=O) groups is 2. The zero-order valence-corrected chi connectivity index (χ0v) is 13.5. The maximum Gasteiger partial charge on any atom is 0.237 e. The normalized spacial score (nSPS) is 13.7. The summed E-state index contributed by atoms with van der Waals surface area (Å²) in [5.41, 5.74) is 0.949. The number of hydrogen-bond donors (Lipinski definition) is 1. The van der Waals surface area contributed by atoms with Crippen LogP contribution in [0.3, 0.4) is 0 Å². The molecule has 2 aromatic rings. The molecule has 1 N–H and O–H groups in total. The zero-order chi connectivity index (χ0) is 16.1. The van der Waals surface area contributed by atoms with Crippen molar-refractivity contribution in [3.8, 4) is 0 Å². The van der Waals surface area contributed by atoms with Gasteiger partial charge in [-0.05, 0) is 30.7 Å². The van der Waals surface area contributed by atoms with E-state index in [9.17, 15) is 9.59 Å². The summed E-state index contributed by atoms with van der Waals surface area (Å²) in [6.07, 6.45) is 2.60. The Morgan fingerprint density at radius 3 is 2.96 bits per heavy atom. The Bertz CT molecular complexity index is 685. The van der Waals surface area contributed by atoms with E-state index in [0.29, 0.717) is 31.7 Å². The lowest BCUT2D eigenvalue weighted by atomic mass is 10.2. The molecule has 120 valence electrons. The average Bonchev–Trinajstić information content (AvgIpc) is 3.08. The van der Waals surface area contributed by atoms with Crippen LogP contribution >= 0.6 is 11.8 Å². The van der Waals surface area contributed by atoms with Crippen molar-refractivity contribution in [1.29, 1.82) is 0 Å². The molecule has 0 aliphatic carbocycles. The fourth-order valence-corrected chi connectivity index (χ4v) is 3.42. The predicted octanol–water partition coefficient (Wildman–Crippen LogP) is 2.81. The number of hydrogen-bond acceptors (Lipinski definition) is 4. The number of furan rings is 1. The molecule has 1 aliphatic rings. The van der Waals surface area contributed by atoms with E-state index in [2.05, 4.69) is 5.32 Å². The van der Waals surface area contributed by atoms with E-state index in [1.54, 1.807) is 29.0 Å². The monoisotopic (exact) mass is 330 g/mol. The Kier molecular flexibility index (Phi) is 5.02. The molecular formula is C17H18N2O3S. The first-order chi connectivity index (χ1) is 11.2. The lowest BCUT2D eigenvalue weighted by molar-refractivity contribution is -0.121. The SMILES string of the molecule is O=C(CCCN1C(=O)CSc2ccccc21)NCc1ccco1. The molecule has 0 radical (unpaired) electrons. The summed E-state index contributed by atoms with van der Waals surface area (Å²) in [5, 5.41) is 2.81. The van der Waals surface area contributed by atoms with Crippen LogP contribution in [0.25, 0.3) is 0 Å². The first-order valence-corrected chi connectivity index (χ1v) is 8.54. The molecule has 1 aromatic carbocycles. The summed E-state index contributed by atoms with van der Waals surface area (Å²) >= 11 is 1.57. The largest absolute Gasteiger partial charge is 0.467 e. The van der Waals surface area contributed by atoms with Gasteiger partial charge in [-0.25, -0.2) is 0 Å². The Balaban J connectivity index is 1.48. The van der Waals surface area contributed by atoms with Crippen LogP contribution in [0.1, 0.15) is 18.6 Å². The summed E-state index contributed by atoms with van der Waals surface area (Å²) in [4.78, 5) is 26.9. The molecule has 6 heteroatoms. The molecule has 0 unspecified atom stereocenters. The van der Waals surface area contributed by atoms with Crippen molar-refractivity contribution in [2.75, 3.05) is 17.2 Å². The number of para-hydroxylation sites is 1. The van der Waals surface area contributed by atoms with Crippen LogP contribution in [0.4, 0.5) is 5.69 Å². The van der Waals surface area contributed by atoms with Crippen LogP contribution in [0.5, 0.6) is 0 Å². The number of nitrogens with one attached hydrogen (secondary N) is 1. The van der Waals surface area contributed by atoms with E-state index in [-0.39, 0.29) is 11.8 Å². The smallest absolute Gasteiger partial charge is 0.237 e. The Morgan fingerprint density at radius 1 is 1.26 bits per heavy atom. The number of fused-ring (bicyclic) bond motifs is 1. The van der Waals surface area contributed by atoms with Crippen LogP contribution < -0.4 is 10.2 Å². The van der Waals surface area contributed by atoms with E-state index < -0.39 is 0 Å². The van der Waals surface area contributed by atoms with Gasteiger partial charge in [-0.1, -0.05) is 12.1 Å². The summed E-state index contributed by atoms with van der Waals surface area (Å²) in [5.74, 6) is 1.26. The summed E-state index contributed by atoms with van der Waals surface area (Å²) in [6, 6.07) is 11.5. The van der Waals surface area contributed by atoms with E-state index in [4.69, 9.17) is 4.42 Å². The van der Waals surface area contributed by atoms with Gasteiger partial charge in [0.05, 0.1) is 24.2 Å². The maximum absolute atomic E-state index is 12.1. The lowest BCUT2D eigenvalue weighted by Crippen LogP contribution is -2.36. The molecular weight excluding hydrogens is 312 g/mol. The second kappa shape index (κ2) is 7.37. The zero-order valence-electron chi connectivity index (χ0n) is 12.7. The third-order valence-electron chi connectivity index (χ3n) is 3.63. The fraction of sp³-hybridized carbons (Fsp3) is 0.294. The number of rotatable bonds is 6. The highest BCUT2D eigenvalue weighted by Crippen LogP contribution is 2.34. The van der Waals surface area contributed by atoms with Crippen LogP contribution in [0.15, 0.2) is 52.0 Å². The molecule has 5 nitrogen and oxygen atoms in total. The molecule has 0 atom stereocenters. The van der Waals surface area contributed by atoms with Crippen molar-refractivity contribution in [3.05, 3.63) is 48.4 Å². The van der Waals surface area contributed by atoms with Gasteiger partial charge in [0.15, 0.2) is 0 Å². The van der Waals surface area contributed by atoms with Crippen molar-refractivity contribution in [3.63, 3.8) is 0 Å². The number of amides is 2. The predicted molar refractivity (Wildman–Crippen MR) is 89.3 cm³/mol. The molecule has 0 saturated heterocycles. The number of carbonyl (C=O) groups excluding carboxylic acids is 2. The van der Waals surface area contributed by atoms with E-state index in [1.807, 2.05) is 30.3 Å². The van der Waals surface area contributed by atoms with Gasteiger partial charge in [0.2, 0.25) is 11.8 Å². The van der Waals surface area contributed by atoms with Crippen LogP contribution in [0.2, 0.25) is 0 Å². The van der Waals surface area contributed by atoms with E-state index in [0.717, 1.165) is 16.3 Å². The van der Waals surface area contributed by atoms with E-state index in [1.165, 1.54) is 0 Å². The van der Waals surface area contributed by atoms with Gasteiger partial charge in [0, 0.05) is 17.9 Å². The van der Waals surface area contributed by atoms with Crippen LogP contribution in [-0.2, 0) is 16.1 Å². The first-order valence-electron chi connectivity index (χ1n) is 7.55. The number of benzene rings is 1.